The largest absolute Gasteiger partial charge is 0.487 e. The van der Waals surface area contributed by atoms with Crippen LogP contribution in [0, 0.1) is 10.1 Å². The zero-order valence-electron chi connectivity index (χ0n) is 10.7. The summed E-state index contributed by atoms with van der Waals surface area (Å²) in [6, 6.07) is 10.1. The summed E-state index contributed by atoms with van der Waals surface area (Å²) in [6.07, 6.45) is 0. The minimum atomic E-state index is -0.439. The molecule has 0 unspecified atom stereocenters. The van der Waals surface area contributed by atoms with E-state index in [1.165, 1.54) is 12.1 Å². The van der Waals surface area contributed by atoms with Crippen molar-refractivity contribution in [1.29, 1.82) is 0 Å². The molecule has 2 rings (SSSR count). The van der Waals surface area contributed by atoms with Crippen LogP contribution in [0.1, 0.15) is 11.1 Å². The number of rotatable bonds is 5. The van der Waals surface area contributed by atoms with Gasteiger partial charge >= 0.3 is 0 Å². The van der Waals surface area contributed by atoms with E-state index in [4.69, 9.17) is 16.3 Å². The number of hydrogen-bond acceptors (Lipinski definition) is 3. The van der Waals surface area contributed by atoms with Crippen LogP contribution < -0.4 is 4.74 Å². The van der Waals surface area contributed by atoms with Crippen LogP contribution in [0.5, 0.6) is 5.75 Å². The molecule has 2 aromatic rings. The molecule has 0 bridgehead atoms. The summed E-state index contributed by atoms with van der Waals surface area (Å²) in [5, 5.41) is 11.9. The molecule has 0 saturated heterocycles. The fourth-order valence-electron chi connectivity index (χ4n) is 1.67. The first kappa shape index (κ1) is 16.3. The predicted octanol–water partition coefficient (Wildman–Crippen LogP) is 5.48. The second kappa shape index (κ2) is 7.24. The number of benzene rings is 2. The molecule has 110 valence electrons. The lowest BCUT2D eigenvalue weighted by atomic mass is 10.2. The van der Waals surface area contributed by atoms with Crippen LogP contribution in [0.2, 0.25) is 5.02 Å². The van der Waals surface area contributed by atoms with Gasteiger partial charge in [0, 0.05) is 27.5 Å². The normalized spacial score (nSPS) is 10.4. The first-order valence-electron chi connectivity index (χ1n) is 5.91. The molecule has 0 N–H and O–H groups in total. The van der Waals surface area contributed by atoms with E-state index in [0.29, 0.717) is 15.2 Å². The topological polar surface area (TPSA) is 52.4 Å². The van der Waals surface area contributed by atoms with Crippen molar-refractivity contribution in [3.63, 3.8) is 0 Å². The van der Waals surface area contributed by atoms with Gasteiger partial charge in [-0.05, 0) is 23.8 Å². The third-order valence-corrected chi connectivity index (χ3v) is 4.46. The Morgan fingerprint density at radius 1 is 1.24 bits per heavy atom. The van der Waals surface area contributed by atoms with Gasteiger partial charge < -0.3 is 4.74 Å². The van der Waals surface area contributed by atoms with E-state index >= 15 is 0 Å². The van der Waals surface area contributed by atoms with Gasteiger partial charge in [0.2, 0.25) is 0 Å². The van der Waals surface area contributed by atoms with Gasteiger partial charge in [-0.2, -0.15) is 0 Å². The number of alkyl halides is 1. The number of halogens is 3. The van der Waals surface area contributed by atoms with E-state index in [1.807, 2.05) is 12.1 Å². The lowest BCUT2D eigenvalue weighted by molar-refractivity contribution is -0.384. The van der Waals surface area contributed by atoms with E-state index in [-0.39, 0.29) is 12.3 Å². The second-order valence-electron chi connectivity index (χ2n) is 4.22. The second-order valence-corrected chi connectivity index (χ2v) is 6.04. The SMILES string of the molecule is O=[N+]([O-])c1ccc(COc2ccc(CBr)cc2Cl)c(Br)c1. The van der Waals surface area contributed by atoms with Crippen LogP contribution in [0.15, 0.2) is 40.9 Å². The fraction of sp³-hybridized carbons (Fsp3) is 0.143. The van der Waals surface area contributed by atoms with Crippen LogP contribution in [-0.2, 0) is 11.9 Å². The molecule has 0 saturated carbocycles. The van der Waals surface area contributed by atoms with Gasteiger partial charge in [-0.15, -0.1) is 0 Å². The highest BCUT2D eigenvalue weighted by atomic mass is 79.9. The highest BCUT2D eigenvalue weighted by Gasteiger charge is 2.10. The quantitative estimate of drug-likeness (QED) is 0.355. The Hall–Kier alpha value is -1.11. The molecule has 0 heterocycles. The van der Waals surface area contributed by atoms with Crippen LogP contribution in [0.3, 0.4) is 0 Å². The number of non-ortho nitro benzene ring substituents is 1. The van der Waals surface area contributed by atoms with Crippen LogP contribution in [0.4, 0.5) is 5.69 Å². The van der Waals surface area contributed by atoms with Gasteiger partial charge in [0.05, 0.1) is 9.95 Å². The molecule has 21 heavy (non-hydrogen) atoms. The monoisotopic (exact) mass is 433 g/mol. The van der Waals surface area contributed by atoms with Gasteiger partial charge in [-0.3, -0.25) is 10.1 Å². The molecule has 0 aliphatic carbocycles. The molecule has 4 nitrogen and oxygen atoms in total. The van der Waals surface area contributed by atoms with Crippen molar-refractivity contribution in [3.8, 4) is 5.75 Å². The van der Waals surface area contributed by atoms with Crippen molar-refractivity contribution >= 4 is 49.1 Å². The maximum absolute atomic E-state index is 10.7. The van der Waals surface area contributed by atoms with Crippen LogP contribution in [0.25, 0.3) is 0 Å². The summed E-state index contributed by atoms with van der Waals surface area (Å²) >= 11 is 12.8. The minimum Gasteiger partial charge on any atom is -0.487 e. The first-order chi connectivity index (χ1) is 10.0. The third-order valence-electron chi connectivity index (χ3n) is 2.78. The Morgan fingerprint density at radius 2 is 2.00 bits per heavy atom. The predicted molar refractivity (Wildman–Crippen MR) is 89.2 cm³/mol. The molecular weight excluding hydrogens is 425 g/mol. The van der Waals surface area contributed by atoms with Crippen molar-refractivity contribution in [2.24, 2.45) is 0 Å². The van der Waals surface area contributed by atoms with Crippen molar-refractivity contribution in [3.05, 3.63) is 67.1 Å². The zero-order chi connectivity index (χ0) is 15.4. The van der Waals surface area contributed by atoms with E-state index in [9.17, 15) is 10.1 Å². The number of ether oxygens (including phenoxy) is 1. The smallest absolute Gasteiger partial charge is 0.270 e. The van der Waals surface area contributed by atoms with E-state index in [2.05, 4.69) is 31.9 Å². The number of nitrogens with zero attached hydrogens (tertiary/aromatic N) is 1. The molecular formula is C14H10Br2ClNO3. The van der Waals surface area contributed by atoms with Gasteiger partial charge in [0.25, 0.3) is 5.69 Å². The first-order valence-corrected chi connectivity index (χ1v) is 8.20. The van der Waals surface area contributed by atoms with Gasteiger partial charge in [0.1, 0.15) is 12.4 Å². The highest BCUT2D eigenvalue weighted by molar-refractivity contribution is 9.10. The zero-order valence-corrected chi connectivity index (χ0v) is 14.6. The summed E-state index contributed by atoms with van der Waals surface area (Å²) < 4.78 is 6.29. The average molecular weight is 435 g/mol. The standard InChI is InChI=1S/C14H10Br2ClNO3/c15-7-9-1-4-14(13(17)5-9)21-8-10-2-3-11(18(19)20)6-12(10)16/h1-6H,7-8H2. The van der Waals surface area contributed by atoms with Crippen molar-refractivity contribution in [1.82, 2.24) is 0 Å². The summed E-state index contributed by atoms with van der Waals surface area (Å²) in [6.45, 7) is 0.270. The number of nitro benzene ring substituents is 1. The van der Waals surface area contributed by atoms with E-state index < -0.39 is 4.92 Å². The Kier molecular flexibility index (Phi) is 5.61. The maximum Gasteiger partial charge on any atom is 0.270 e. The molecule has 0 atom stereocenters. The molecule has 0 fully saturated rings. The van der Waals surface area contributed by atoms with Crippen molar-refractivity contribution in [2.45, 2.75) is 11.9 Å². The Morgan fingerprint density at radius 3 is 2.57 bits per heavy atom. The third kappa shape index (κ3) is 4.18. The van der Waals surface area contributed by atoms with Crippen LogP contribution in [-0.4, -0.2) is 4.92 Å². The van der Waals surface area contributed by atoms with Crippen molar-refractivity contribution < 1.29 is 9.66 Å². The Bertz CT molecular complexity index is 679. The lowest BCUT2D eigenvalue weighted by Gasteiger charge is -2.10. The fourth-order valence-corrected chi connectivity index (χ4v) is 2.75. The molecule has 0 aliphatic rings. The molecule has 0 radical (unpaired) electrons. The van der Waals surface area contributed by atoms with E-state index in [1.54, 1.807) is 12.1 Å². The molecule has 7 heteroatoms. The number of nitro groups is 1. The Balaban J connectivity index is 2.11. The van der Waals surface area contributed by atoms with Crippen LogP contribution >= 0.6 is 43.5 Å². The number of hydrogen-bond donors (Lipinski definition) is 0. The van der Waals surface area contributed by atoms with Crippen molar-refractivity contribution in [2.75, 3.05) is 0 Å². The van der Waals surface area contributed by atoms with Gasteiger partial charge in [0.15, 0.2) is 0 Å². The summed E-state index contributed by atoms with van der Waals surface area (Å²) in [4.78, 5) is 10.2. The molecule has 0 aliphatic heterocycles. The van der Waals surface area contributed by atoms with Gasteiger partial charge in [-0.1, -0.05) is 49.5 Å². The summed E-state index contributed by atoms with van der Waals surface area (Å²) in [7, 11) is 0. The molecule has 0 amide bonds. The lowest BCUT2D eigenvalue weighted by Crippen LogP contribution is -1.98. The molecule has 0 aromatic heterocycles. The Labute approximate surface area is 143 Å². The van der Waals surface area contributed by atoms with E-state index in [0.717, 1.165) is 16.5 Å². The maximum atomic E-state index is 10.7. The summed E-state index contributed by atoms with van der Waals surface area (Å²) in [5.74, 6) is 0.576. The molecule has 2 aromatic carbocycles. The average Bonchev–Trinajstić information content (AvgIpc) is 2.46. The minimum absolute atomic E-state index is 0.0327. The van der Waals surface area contributed by atoms with Gasteiger partial charge in [-0.25, -0.2) is 0 Å². The highest BCUT2D eigenvalue weighted by Crippen LogP contribution is 2.29. The summed E-state index contributed by atoms with van der Waals surface area (Å²) in [5.41, 5.74) is 1.90. The molecule has 0 spiro atoms.